The van der Waals surface area contributed by atoms with Gasteiger partial charge in [-0.25, -0.2) is 23.1 Å². The van der Waals surface area contributed by atoms with Crippen LogP contribution in [0.3, 0.4) is 0 Å². The van der Waals surface area contributed by atoms with Gasteiger partial charge in [0.15, 0.2) is 0 Å². The van der Waals surface area contributed by atoms with Gasteiger partial charge in [0, 0.05) is 12.4 Å². The van der Waals surface area contributed by atoms with E-state index in [2.05, 4.69) is 20.4 Å². The Labute approximate surface area is 146 Å². The Hall–Kier alpha value is -3.21. The molecule has 0 saturated carbocycles. The van der Waals surface area contributed by atoms with Gasteiger partial charge in [-0.15, -0.1) is 0 Å². The van der Waals surface area contributed by atoms with Gasteiger partial charge in [0.05, 0.1) is 28.5 Å². The summed E-state index contributed by atoms with van der Waals surface area (Å²) in [5.74, 6) is -4.25. The number of nitrogens with one attached hydrogen (secondary N) is 1. The highest BCUT2D eigenvalue weighted by atomic mass is 32.2. The number of hydrogen-bond donors (Lipinski definition) is 1. The first-order valence-corrected chi connectivity index (χ1v) is 8.69. The predicted molar refractivity (Wildman–Crippen MR) is 86.7 cm³/mol. The fourth-order valence-electron chi connectivity index (χ4n) is 2.09. The summed E-state index contributed by atoms with van der Waals surface area (Å²) >= 11 is 0. The van der Waals surface area contributed by atoms with Crippen molar-refractivity contribution < 1.29 is 22.0 Å². The molecule has 11 heteroatoms. The second kappa shape index (κ2) is 6.96. The Morgan fingerprint density at radius 3 is 2.42 bits per heavy atom. The van der Waals surface area contributed by atoms with Gasteiger partial charge in [-0.05, 0) is 18.2 Å². The zero-order valence-electron chi connectivity index (χ0n) is 13.0. The average molecular weight is 379 g/mol. The Bertz CT molecular complexity index is 1020. The molecule has 0 spiro atoms. The lowest BCUT2D eigenvalue weighted by molar-refractivity contribution is 0.102. The molecule has 8 nitrogen and oxygen atoms in total. The van der Waals surface area contributed by atoms with Crippen LogP contribution in [-0.4, -0.2) is 39.8 Å². The van der Waals surface area contributed by atoms with Gasteiger partial charge < -0.3 is 5.32 Å². The number of aromatic nitrogens is 4. The lowest BCUT2D eigenvalue weighted by Crippen LogP contribution is -2.20. The molecular formula is C15H11F2N5O3S. The third kappa shape index (κ3) is 3.42. The normalized spacial score (nSPS) is 11.5. The summed E-state index contributed by atoms with van der Waals surface area (Å²) in [6, 6.07) is 6.40. The van der Waals surface area contributed by atoms with E-state index in [1.807, 2.05) is 0 Å². The maximum absolute atomic E-state index is 12.8. The third-order valence-electron chi connectivity index (χ3n) is 3.28. The van der Waals surface area contributed by atoms with E-state index in [0.717, 1.165) is 12.1 Å². The topological polar surface area (TPSA) is 107 Å². The average Bonchev–Trinajstić information content (AvgIpc) is 3.17. The van der Waals surface area contributed by atoms with Crippen LogP contribution >= 0.6 is 0 Å². The van der Waals surface area contributed by atoms with E-state index >= 15 is 0 Å². The Kier molecular flexibility index (Phi) is 4.71. The van der Waals surface area contributed by atoms with Crippen LogP contribution in [0.15, 0.2) is 60.0 Å². The van der Waals surface area contributed by atoms with Gasteiger partial charge in [0.1, 0.15) is 0 Å². The summed E-state index contributed by atoms with van der Waals surface area (Å²) in [6.07, 6.45) is 5.73. The van der Waals surface area contributed by atoms with Gasteiger partial charge in [0.25, 0.3) is 11.9 Å². The van der Waals surface area contributed by atoms with Crippen molar-refractivity contribution >= 4 is 21.4 Å². The Balaban J connectivity index is 1.85. The molecule has 26 heavy (non-hydrogen) atoms. The van der Waals surface area contributed by atoms with Crippen LogP contribution in [-0.2, 0) is 9.84 Å². The molecule has 0 unspecified atom stereocenters. The van der Waals surface area contributed by atoms with Crippen molar-refractivity contribution in [3.05, 3.63) is 60.7 Å². The number of carbonyl (C=O) groups excluding carboxylic acids is 1. The monoisotopic (exact) mass is 379 g/mol. The van der Waals surface area contributed by atoms with Crippen molar-refractivity contribution in [1.82, 2.24) is 19.7 Å². The van der Waals surface area contributed by atoms with Crippen LogP contribution < -0.4 is 5.32 Å². The molecule has 0 bridgehead atoms. The van der Waals surface area contributed by atoms with Crippen molar-refractivity contribution in [2.24, 2.45) is 0 Å². The number of benzene rings is 1. The zero-order valence-corrected chi connectivity index (χ0v) is 13.8. The third-order valence-corrected chi connectivity index (χ3v) is 4.72. The number of anilines is 1. The van der Waals surface area contributed by atoms with E-state index in [1.54, 1.807) is 18.5 Å². The summed E-state index contributed by atoms with van der Waals surface area (Å²) in [5.41, 5.74) is -0.237. The van der Waals surface area contributed by atoms with Crippen molar-refractivity contribution in [3.8, 4) is 5.95 Å². The molecule has 0 atom stereocenters. The molecule has 1 aromatic carbocycles. The maximum Gasteiger partial charge on any atom is 0.341 e. The number of amides is 1. The molecule has 0 saturated heterocycles. The second-order valence-electron chi connectivity index (χ2n) is 4.98. The van der Waals surface area contributed by atoms with Crippen LogP contribution in [0.1, 0.15) is 10.4 Å². The highest BCUT2D eigenvalue weighted by Crippen LogP contribution is 2.23. The first-order valence-electron chi connectivity index (χ1n) is 7.14. The molecule has 134 valence electrons. The minimum Gasteiger partial charge on any atom is -0.319 e. The second-order valence-corrected chi connectivity index (χ2v) is 6.86. The lowest BCUT2D eigenvalue weighted by atomic mass is 10.2. The minimum atomic E-state index is -4.92. The van der Waals surface area contributed by atoms with Gasteiger partial charge in [-0.2, -0.15) is 13.9 Å². The van der Waals surface area contributed by atoms with Crippen LogP contribution in [0.5, 0.6) is 0 Å². The first-order chi connectivity index (χ1) is 12.4. The standard InChI is InChI=1S/C15H11F2N5O3S/c16-14(17)26(24,25)12-5-2-1-4-11(12)13(23)21-10-8-18-15(19-9-10)22-7-3-6-20-22/h1-9,14H,(H,21,23). The van der Waals surface area contributed by atoms with Gasteiger partial charge in [0.2, 0.25) is 9.84 Å². The van der Waals surface area contributed by atoms with Gasteiger partial charge >= 0.3 is 5.76 Å². The smallest absolute Gasteiger partial charge is 0.319 e. The van der Waals surface area contributed by atoms with Crippen LogP contribution in [0.2, 0.25) is 0 Å². The number of alkyl halides is 2. The quantitative estimate of drug-likeness (QED) is 0.726. The SMILES string of the molecule is O=C(Nc1cnc(-n2cccn2)nc1)c1ccccc1S(=O)(=O)C(F)F. The number of hydrogen-bond acceptors (Lipinski definition) is 6. The van der Waals surface area contributed by atoms with Crippen LogP contribution in [0.25, 0.3) is 5.95 Å². The molecule has 0 aliphatic rings. The fourth-order valence-corrected chi connectivity index (χ4v) is 3.02. The largest absolute Gasteiger partial charge is 0.341 e. The number of nitrogens with zero attached hydrogens (tertiary/aromatic N) is 4. The summed E-state index contributed by atoms with van der Waals surface area (Å²) in [4.78, 5) is 19.6. The highest BCUT2D eigenvalue weighted by Gasteiger charge is 2.30. The molecule has 0 aliphatic carbocycles. The van der Waals surface area contributed by atoms with Gasteiger partial charge in [-0.1, -0.05) is 12.1 Å². The summed E-state index contributed by atoms with van der Waals surface area (Å²) in [7, 11) is -4.92. The maximum atomic E-state index is 12.8. The van der Waals surface area contributed by atoms with E-state index in [1.165, 1.54) is 29.2 Å². The Morgan fingerprint density at radius 2 is 1.81 bits per heavy atom. The molecular weight excluding hydrogens is 368 g/mol. The molecule has 0 radical (unpaired) electrons. The van der Waals surface area contributed by atoms with Gasteiger partial charge in [-0.3, -0.25) is 4.79 Å². The van der Waals surface area contributed by atoms with E-state index < -0.39 is 32.0 Å². The number of carbonyl (C=O) groups is 1. The minimum absolute atomic E-state index is 0.162. The summed E-state index contributed by atoms with van der Waals surface area (Å²) in [5, 5.41) is 6.33. The lowest BCUT2D eigenvalue weighted by Gasteiger charge is -2.10. The number of rotatable bonds is 5. The molecule has 3 rings (SSSR count). The highest BCUT2D eigenvalue weighted by molar-refractivity contribution is 7.91. The molecule has 1 amide bonds. The summed E-state index contributed by atoms with van der Waals surface area (Å²) in [6.45, 7) is 0. The van der Waals surface area contributed by atoms with E-state index in [-0.39, 0.29) is 11.6 Å². The van der Waals surface area contributed by atoms with E-state index in [9.17, 15) is 22.0 Å². The molecule has 2 heterocycles. The fraction of sp³-hybridized carbons (Fsp3) is 0.0667. The first kappa shape index (κ1) is 17.6. The zero-order chi connectivity index (χ0) is 18.7. The molecule has 3 aromatic rings. The van der Waals surface area contributed by atoms with Crippen LogP contribution in [0, 0.1) is 0 Å². The Morgan fingerprint density at radius 1 is 1.12 bits per heavy atom. The van der Waals surface area contributed by atoms with E-state index in [4.69, 9.17) is 0 Å². The summed E-state index contributed by atoms with van der Waals surface area (Å²) < 4.78 is 50.4. The molecule has 0 fully saturated rings. The number of halogens is 2. The van der Waals surface area contributed by atoms with Crippen molar-refractivity contribution in [2.75, 3.05) is 5.32 Å². The van der Waals surface area contributed by atoms with Crippen molar-refractivity contribution in [2.45, 2.75) is 10.7 Å². The molecule has 2 aromatic heterocycles. The molecule has 0 aliphatic heterocycles. The van der Waals surface area contributed by atoms with Crippen molar-refractivity contribution in [3.63, 3.8) is 0 Å². The number of sulfone groups is 1. The van der Waals surface area contributed by atoms with Crippen molar-refractivity contribution in [1.29, 1.82) is 0 Å². The predicted octanol–water partition coefficient (Wildman–Crippen LogP) is 1.91. The van der Waals surface area contributed by atoms with E-state index in [0.29, 0.717) is 0 Å². The molecule has 1 N–H and O–H groups in total. The van der Waals surface area contributed by atoms with Crippen LogP contribution in [0.4, 0.5) is 14.5 Å².